The van der Waals surface area contributed by atoms with Crippen LogP contribution in [0.3, 0.4) is 0 Å². The summed E-state index contributed by atoms with van der Waals surface area (Å²) < 4.78 is 40.7. The summed E-state index contributed by atoms with van der Waals surface area (Å²) in [5.41, 5.74) is 0. The van der Waals surface area contributed by atoms with Crippen molar-refractivity contribution < 1.29 is 27.5 Å². The Morgan fingerprint density at radius 3 is 2.13 bits per heavy atom. The van der Waals surface area contributed by atoms with Crippen molar-refractivity contribution >= 4 is 5.91 Å². The van der Waals surface area contributed by atoms with Crippen molar-refractivity contribution in [3.63, 3.8) is 0 Å². The maximum absolute atomic E-state index is 12.1. The number of hydrogen-bond acceptors (Lipinski definition) is 3. The number of hydrogen-bond donors (Lipinski definition) is 0. The van der Waals surface area contributed by atoms with Crippen LogP contribution in [0.2, 0.25) is 0 Å². The molecule has 0 aliphatic carbocycles. The second kappa shape index (κ2) is 5.32. The second-order valence-electron chi connectivity index (χ2n) is 2.98. The fourth-order valence-electron chi connectivity index (χ4n) is 0.788. The van der Waals surface area contributed by atoms with Gasteiger partial charge in [-0.15, -0.1) is 0 Å². The SMILES string of the molecule is CON(C)C(=O)[C@@H](C)O[C@H](C)C(F)(F)F. The lowest BCUT2D eigenvalue weighted by Gasteiger charge is -2.23. The lowest BCUT2D eigenvalue weighted by Crippen LogP contribution is -2.40. The smallest absolute Gasteiger partial charge is 0.356 e. The van der Waals surface area contributed by atoms with Crippen LogP contribution < -0.4 is 0 Å². The lowest BCUT2D eigenvalue weighted by molar-refractivity contribution is -0.231. The van der Waals surface area contributed by atoms with Crippen LogP contribution in [-0.4, -0.2) is 43.5 Å². The van der Waals surface area contributed by atoms with Gasteiger partial charge in [0.2, 0.25) is 0 Å². The van der Waals surface area contributed by atoms with E-state index in [9.17, 15) is 18.0 Å². The minimum absolute atomic E-state index is 0.673. The zero-order valence-electron chi connectivity index (χ0n) is 8.96. The van der Waals surface area contributed by atoms with Gasteiger partial charge in [-0.05, 0) is 13.8 Å². The highest BCUT2D eigenvalue weighted by Gasteiger charge is 2.39. The van der Waals surface area contributed by atoms with Gasteiger partial charge in [0.05, 0.1) is 7.11 Å². The van der Waals surface area contributed by atoms with Crippen LogP contribution in [0.4, 0.5) is 13.2 Å². The number of amides is 1. The minimum Gasteiger partial charge on any atom is -0.356 e. The van der Waals surface area contributed by atoms with Gasteiger partial charge in [-0.2, -0.15) is 13.2 Å². The molecular formula is C8H14F3NO3. The molecule has 0 aromatic rings. The maximum Gasteiger partial charge on any atom is 0.414 e. The Morgan fingerprint density at radius 2 is 1.80 bits per heavy atom. The maximum atomic E-state index is 12.1. The molecule has 1 amide bonds. The van der Waals surface area contributed by atoms with Crippen molar-refractivity contribution in [2.75, 3.05) is 14.2 Å². The van der Waals surface area contributed by atoms with E-state index in [0.29, 0.717) is 0 Å². The minimum atomic E-state index is -4.47. The van der Waals surface area contributed by atoms with E-state index in [4.69, 9.17) is 0 Å². The van der Waals surface area contributed by atoms with Gasteiger partial charge in [-0.3, -0.25) is 9.63 Å². The fraction of sp³-hybridized carbons (Fsp3) is 0.875. The number of rotatable bonds is 4. The Kier molecular flexibility index (Phi) is 5.02. The van der Waals surface area contributed by atoms with Crippen molar-refractivity contribution in [1.82, 2.24) is 5.06 Å². The normalized spacial score (nSPS) is 15.9. The molecule has 90 valence electrons. The first-order valence-electron chi connectivity index (χ1n) is 4.24. The Hall–Kier alpha value is -0.820. The standard InChI is InChI=1S/C8H14F3NO3/c1-5(7(13)12(3)14-4)15-6(2)8(9,10)11/h5-6H,1-4H3/t5-,6-/m1/s1. The van der Waals surface area contributed by atoms with Crippen molar-refractivity contribution in [2.45, 2.75) is 32.2 Å². The predicted octanol–water partition coefficient (Wildman–Crippen LogP) is 1.36. The highest BCUT2D eigenvalue weighted by Crippen LogP contribution is 2.23. The van der Waals surface area contributed by atoms with Gasteiger partial charge in [0.15, 0.2) is 6.10 Å². The van der Waals surface area contributed by atoms with Gasteiger partial charge >= 0.3 is 6.18 Å². The Labute approximate surface area is 85.9 Å². The average molecular weight is 229 g/mol. The summed E-state index contributed by atoms with van der Waals surface area (Å²) >= 11 is 0. The number of likely N-dealkylation sites (N-methyl/N-ethyl adjacent to an activating group) is 1. The summed E-state index contributed by atoms with van der Waals surface area (Å²) in [6, 6.07) is 0. The predicted molar refractivity (Wildman–Crippen MR) is 45.8 cm³/mol. The molecule has 0 saturated carbocycles. The van der Waals surface area contributed by atoms with E-state index >= 15 is 0 Å². The first-order chi connectivity index (χ1) is 6.70. The molecule has 0 aliphatic rings. The molecule has 2 atom stereocenters. The zero-order valence-corrected chi connectivity index (χ0v) is 8.96. The Balaban J connectivity index is 4.25. The van der Waals surface area contributed by atoms with Crippen molar-refractivity contribution in [3.05, 3.63) is 0 Å². The number of carbonyl (C=O) groups excluding carboxylic acids is 1. The van der Waals surface area contributed by atoms with Gasteiger partial charge in [-0.1, -0.05) is 0 Å². The monoisotopic (exact) mass is 229 g/mol. The van der Waals surface area contributed by atoms with Crippen LogP contribution in [0, 0.1) is 0 Å². The molecule has 0 bridgehead atoms. The van der Waals surface area contributed by atoms with Crippen molar-refractivity contribution in [3.8, 4) is 0 Å². The molecule has 0 aliphatic heterocycles. The summed E-state index contributed by atoms with van der Waals surface area (Å²) in [4.78, 5) is 15.8. The van der Waals surface area contributed by atoms with Crippen LogP contribution in [0.25, 0.3) is 0 Å². The molecule has 0 aromatic carbocycles. The molecule has 0 heterocycles. The van der Waals surface area contributed by atoms with E-state index in [2.05, 4.69) is 9.57 Å². The number of hydroxylamine groups is 2. The highest BCUT2D eigenvalue weighted by atomic mass is 19.4. The summed E-state index contributed by atoms with van der Waals surface area (Å²) in [6.45, 7) is 2.08. The molecule has 15 heavy (non-hydrogen) atoms. The number of halogens is 3. The van der Waals surface area contributed by atoms with Gasteiger partial charge in [-0.25, -0.2) is 5.06 Å². The third kappa shape index (κ3) is 4.48. The molecular weight excluding hydrogens is 215 g/mol. The number of carbonyl (C=O) groups is 1. The molecule has 0 spiro atoms. The number of nitrogens with zero attached hydrogens (tertiary/aromatic N) is 1. The number of alkyl halides is 3. The van der Waals surface area contributed by atoms with Crippen molar-refractivity contribution in [2.24, 2.45) is 0 Å². The van der Waals surface area contributed by atoms with Crippen LogP contribution in [-0.2, 0) is 14.4 Å². The second-order valence-corrected chi connectivity index (χ2v) is 2.98. The van der Waals surface area contributed by atoms with E-state index in [0.717, 1.165) is 12.0 Å². The first kappa shape index (κ1) is 14.2. The van der Waals surface area contributed by atoms with Gasteiger partial charge in [0.1, 0.15) is 6.10 Å². The third-order valence-corrected chi connectivity index (χ3v) is 1.80. The topological polar surface area (TPSA) is 38.8 Å². The van der Waals surface area contributed by atoms with Crippen molar-refractivity contribution in [1.29, 1.82) is 0 Å². The van der Waals surface area contributed by atoms with Crippen LogP contribution in [0.15, 0.2) is 0 Å². The van der Waals surface area contributed by atoms with E-state index in [1.54, 1.807) is 0 Å². The van der Waals surface area contributed by atoms with Gasteiger partial charge in [0.25, 0.3) is 5.91 Å². The molecule has 0 saturated heterocycles. The quantitative estimate of drug-likeness (QED) is 0.683. The summed E-state index contributed by atoms with van der Waals surface area (Å²) in [5, 5.41) is 0.813. The zero-order chi connectivity index (χ0) is 12.2. The summed E-state index contributed by atoms with van der Waals surface area (Å²) in [6.07, 6.45) is -7.66. The fourth-order valence-corrected chi connectivity index (χ4v) is 0.788. The van der Waals surface area contributed by atoms with Gasteiger partial charge in [0, 0.05) is 7.05 Å². The highest BCUT2D eigenvalue weighted by molar-refractivity contribution is 5.79. The van der Waals surface area contributed by atoms with E-state index in [-0.39, 0.29) is 0 Å². The third-order valence-electron chi connectivity index (χ3n) is 1.80. The van der Waals surface area contributed by atoms with E-state index < -0.39 is 24.3 Å². The van der Waals surface area contributed by atoms with Crippen LogP contribution in [0.5, 0.6) is 0 Å². The first-order valence-corrected chi connectivity index (χ1v) is 4.24. The molecule has 7 heteroatoms. The Morgan fingerprint density at radius 1 is 1.33 bits per heavy atom. The average Bonchev–Trinajstić information content (AvgIpc) is 2.13. The lowest BCUT2D eigenvalue weighted by atomic mass is 10.3. The summed E-state index contributed by atoms with van der Waals surface area (Å²) in [5.74, 6) is -0.673. The van der Waals surface area contributed by atoms with E-state index in [1.165, 1.54) is 21.1 Å². The van der Waals surface area contributed by atoms with Crippen LogP contribution in [0.1, 0.15) is 13.8 Å². The molecule has 0 fully saturated rings. The van der Waals surface area contributed by atoms with Crippen LogP contribution >= 0.6 is 0 Å². The summed E-state index contributed by atoms with van der Waals surface area (Å²) in [7, 11) is 2.53. The molecule has 0 unspecified atom stereocenters. The molecule has 0 rings (SSSR count). The Bertz CT molecular complexity index is 220. The van der Waals surface area contributed by atoms with Gasteiger partial charge < -0.3 is 4.74 Å². The molecule has 0 aromatic heterocycles. The molecule has 4 nitrogen and oxygen atoms in total. The molecule has 0 N–H and O–H groups in total. The molecule has 0 radical (unpaired) electrons. The number of ether oxygens (including phenoxy) is 1. The van der Waals surface area contributed by atoms with E-state index in [1.807, 2.05) is 0 Å². The largest absolute Gasteiger partial charge is 0.414 e.